The first-order valence-electron chi connectivity index (χ1n) is 8.93. The molecule has 2 aromatic heterocycles. The summed E-state index contributed by atoms with van der Waals surface area (Å²) in [6, 6.07) is 18.6. The topological polar surface area (TPSA) is 92.7 Å². The Bertz CT molecular complexity index is 1180. The molecular formula is C22H20N4O2. The lowest BCUT2D eigenvalue weighted by atomic mass is 10.1. The maximum absolute atomic E-state index is 12.7. The van der Waals surface area contributed by atoms with Crippen LogP contribution in [0.3, 0.4) is 0 Å². The number of fused-ring (bicyclic) bond motifs is 1. The number of nitrogen functional groups attached to an aromatic ring is 1. The van der Waals surface area contributed by atoms with Gasteiger partial charge in [-0.15, -0.1) is 5.10 Å². The molecule has 4 aromatic rings. The van der Waals surface area contributed by atoms with E-state index >= 15 is 0 Å². The van der Waals surface area contributed by atoms with Gasteiger partial charge in [-0.25, -0.2) is 4.52 Å². The van der Waals surface area contributed by atoms with Crippen molar-refractivity contribution in [1.82, 2.24) is 14.9 Å². The van der Waals surface area contributed by atoms with Crippen molar-refractivity contribution in [1.29, 1.82) is 0 Å². The molecule has 4 rings (SSSR count). The highest BCUT2D eigenvalue weighted by Crippen LogP contribution is 2.30. The number of carbonyl (C=O) groups excluding carboxylic acids is 1. The zero-order valence-corrected chi connectivity index (χ0v) is 15.4. The third-order valence-corrected chi connectivity index (χ3v) is 4.63. The molecule has 0 unspecified atom stereocenters. The first-order valence-corrected chi connectivity index (χ1v) is 8.93. The molecule has 0 bridgehead atoms. The molecule has 4 N–H and O–H groups in total. The quantitative estimate of drug-likeness (QED) is 0.511. The summed E-state index contributed by atoms with van der Waals surface area (Å²) >= 11 is 0. The molecule has 0 aliphatic heterocycles. The number of benzene rings is 2. The van der Waals surface area contributed by atoms with Crippen LogP contribution in [0, 0.1) is 6.92 Å². The molecule has 0 atom stereocenters. The normalized spacial score (nSPS) is 10.9. The molecule has 0 aliphatic rings. The predicted molar refractivity (Wildman–Crippen MR) is 109 cm³/mol. The molecule has 6 heteroatoms. The second-order valence-electron chi connectivity index (χ2n) is 6.70. The van der Waals surface area contributed by atoms with Gasteiger partial charge in [0.25, 0.3) is 5.91 Å². The molecule has 1 amide bonds. The summed E-state index contributed by atoms with van der Waals surface area (Å²) in [7, 11) is 0. The second kappa shape index (κ2) is 7.08. The summed E-state index contributed by atoms with van der Waals surface area (Å²) in [5.41, 5.74) is 10.6. The van der Waals surface area contributed by atoms with Gasteiger partial charge in [0.05, 0.1) is 5.52 Å². The SMILES string of the molecule is Cc1cccc(CNC(=O)c2c(N)nn3cc(-c4ccccc4O)ccc23)c1. The van der Waals surface area contributed by atoms with E-state index in [0.717, 1.165) is 16.7 Å². The number of nitrogens with one attached hydrogen (secondary N) is 1. The van der Waals surface area contributed by atoms with E-state index in [2.05, 4.69) is 10.4 Å². The number of nitrogens with zero attached hydrogens (tertiary/aromatic N) is 2. The first-order chi connectivity index (χ1) is 13.5. The molecular weight excluding hydrogens is 352 g/mol. The number of hydrogen-bond acceptors (Lipinski definition) is 4. The molecule has 0 aliphatic carbocycles. The van der Waals surface area contributed by atoms with Crippen LogP contribution in [0.15, 0.2) is 66.9 Å². The Hall–Kier alpha value is -3.80. The number of para-hydroxylation sites is 1. The number of amides is 1. The number of rotatable bonds is 4. The minimum Gasteiger partial charge on any atom is -0.507 e. The van der Waals surface area contributed by atoms with Crippen LogP contribution in [0.1, 0.15) is 21.5 Å². The molecule has 28 heavy (non-hydrogen) atoms. The summed E-state index contributed by atoms with van der Waals surface area (Å²) in [6.45, 7) is 2.42. The smallest absolute Gasteiger partial charge is 0.257 e. The summed E-state index contributed by atoms with van der Waals surface area (Å²) in [5, 5.41) is 17.2. The molecule has 6 nitrogen and oxygen atoms in total. The largest absolute Gasteiger partial charge is 0.507 e. The van der Waals surface area contributed by atoms with Gasteiger partial charge < -0.3 is 16.2 Å². The molecule has 0 spiro atoms. The summed E-state index contributed by atoms with van der Waals surface area (Å²) in [6.07, 6.45) is 1.75. The van der Waals surface area contributed by atoms with Gasteiger partial charge in [0.2, 0.25) is 0 Å². The van der Waals surface area contributed by atoms with Crippen molar-refractivity contribution >= 4 is 17.2 Å². The van der Waals surface area contributed by atoms with Gasteiger partial charge in [-0.2, -0.15) is 0 Å². The molecule has 0 saturated carbocycles. The fourth-order valence-electron chi connectivity index (χ4n) is 3.27. The second-order valence-corrected chi connectivity index (χ2v) is 6.70. The average Bonchev–Trinajstić information content (AvgIpc) is 3.01. The van der Waals surface area contributed by atoms with E-state index in [1.54, 1.807) is 28.9 Å². The standard InChI is InChI=1S/C22H20N4O2/c1-14-5-4-6-15(11-14)12-24-22(28)20-18-10-9-16(13-26(18)25-21(20)23)17-7-2-3-8-19(17)27/h2-11,13,27H,12H2,1H3,(H2,23,25)(H,24,28). The van der Waals surface area contributed by atoms with Gasteiger partial charge in [-0.3, -0.25) is 4.79 Å². The van der Waals surface area contributed by atoms with Crippen LogP contribution in [0.5, 0.6) is 5.75 Å². The summed E-state index contributed by atoms with van der Waals surface area (Å²) in [5.74, 6) is 0.0681. The Morgan fingerprint density at radius 1 is 1.14 bits per heavy atom. The van der Waals surface area contributed by atoms with E-state index in [4.69, 9.17) is 5.73 Å². The number of aromatic nitrogens is 2. The van der Waals surface area contributed by atoms with Gasteiger partial charge in [0, 0.05) is 23.9 Å². The van der Waals surface area contributed by atoms with E-state index in [1.807, 2.05) is 49.4 Å². The summed E-state index contributed by atoms with van der Waals surface area (Å²) in [4.78, 5) is 12.7. The van der Waals surface area contributed by atoms with Crippen molar-refractivity contribution in [3.63, 3.8) is 0 Å². The number of aryl methyl sites for hydroxylation is 1. The number of phenolic OH excluding ortho intramolecular Hbond substituents is 1. The van der Waals surface area contributed by atoms with Gasteiger partial charge in [-0.1, -0.05) is 54.1 Å². The fraction of sp³-hybridized carbons (Fsp3) is 0.0909. The van der Waals surface area contributed by atoms with Crippen molar-refractivity contribution < 1.29 is 9.90 Å². The highest BCUT2D eigenvalue weighted by atomic mass is 16.3. The van der Waals surface area contributed by atoms with Gasteiger partial charge >= 0.3 is 0 Å². The molecule has 140 valence electrons. The van der Waals surface area contributed by atoms with Crippen molar-refractivity contribution in [3.05, 3.63) is 83.6 Å². The van der Waals surface area contributed by atoms with Crippen LogP contribution in [0.4, 0.5) is 5.82 Å². The Kier molecular flexibility index (Phi) is 4.45. The van der Waals surface area contributed by atoms with E-state index in [-0.39, 0.29) is 17.5 Å². The summed E-state index contributed by atoms with van der Waals surface area (Å²) < 4.78 is 1.57. The van der Waals surface area contributed by atoms with Crippen LogP contribution in [0.25, 0.3) is 16.6 Å². The first kappa shape index (κ1) is 17.6. The van der Waals surface area contributed by atoms with Crippen LogP contribution in [-0.2, 0) is 6.54 Å². The predicted octanol–water partition coefficient (Wildman–Crippen LogP) is 3.53. The van der Waals surface area contributed by atoms with Crippen molar-refractivity contribution in [2.75, 3.05) is 5.73 Å². The van der Waals surface area contributed by atoms with Gasteiger partial charge in [0.15, 0.2) is 5.82 Å². The number of hydrogen-bond donors (Lipinski definition) is 3. The molecule has 0 fully saturated rings. The maximum atomic E-state index is 12.7. The lowest BCUT2D eigenvalue weighted by Gasteiger charge is -2.07. The average molecular weight is 372 g/mol. The van der Waals surface area contributed by atoms with Crippen molar-refractivity contribution in [2.45, 2.75) is 13.5 Å². The number of carbonyl (C=O) groups is 1. The molecule has 2 heterocycles. The highest BCUT2D eigenvalue weighted by Gasteiger charge is 2.18. The number of nitrogens with two attached hydrogens (primary N) is 1. The van der Waals surface area contributed by atoms with E-state index < -0.39 is 0 Å². The van der Waals surface area contributed by atoms with E-state index in [0.29, 0.717) is 23.2 Å². The number of anilines is 1. The van der Waals surface area contributed by atoms with Crippen LogP contribution < -0.4 is 11.1 Å². The zero-order chi connectivity index (χ0) is 19.7. The Balaban J connectivity index is 1.63. The minimum absolute atomic E-state index is 0.163. The lowest BCUT2D eigenvalue weighted by Crippen LogP contribution is -2.23. The highest BCUT2D eigenvalue weighted by molar-refractivity contribution is 6.05. The van der Waals surface area contributed by atoms with Crippen molar-refractivity contribution in [2.24, 2.45) is 0 Å². The molecule has 0 radical (unpaired) electrons. The van der Waals surface area contributed by atoms with Gasteiger partial charge in [-0.05, 0) is 24.6 Å². The fourth-order valence-corrected chi connectivity index (χ4v) is 3.27. The van der Waals surface area contributed by atoms with E-state index in [1.165, 1.54) is 0 Å². The van der Waals surface area contributed by atoms with Crippen LogP contribution in [-0.4, -0.2) is 20.6 Å². The third kappa shape index (κ3) is 3.27. The van der Waals surface area contributed by atoms with Crippen molar-refractivity contribution in [3.8, 4) is 16.9 Å². The Morgan fingerprint density at radius 2 is 1.96 bits per heavy atom. The Morgan fingerprint density at radius 3 is 2.75 bits per heavy atom. The van der Waals surface area contributed by atoms with Crippen LogP contribution >= 0.6 is 0 Å². The van der Waals surface area contributed by atoms with E-state index in [9.17, 15) is 9.90 Å². The number of phenols is 1. The van der Waals surface area contributed by atoms with Crippen LogP contribution in [0.2, 0.25) is 0 Å². The minimum atomic E-state index is -0.274. The Labute approximate surface area is 162 Å². The molecule has 2 aromatic carbocycles. The third-order valence-electron chi connectivity index (χ3n) is 4.63. The molecule has 0 saturated heterocycles. The maximum Gasteiger partial charge on any atom is 0.257 e. The number of pyridine rings is 1. The number of aromatic hydroxyl groups is 1. The monoisotopic (exact) mass is 372 g/mol. The lowest BCUT2D eigenvalue weighted by molar-refractivity contribution is 0.0953. The zero-order valence-electron chi connectivity index (χ0n) is 15.4. The van der Waals surface area contributed by atoms with Gasteiger partial charge in [0.1, 0.15) is 11.3 Å².